The van der Waals surface area contributed by atoms with Gasteiger partial charge in [0.15, 0.2) is 5.65 Å². The monoisotopic (exact) mass is 408 g/mol. The second kappa shape index (κ2) is 7.45. The number of aliphatic hydroxyl groups is 2. The Hall–Kier alpha value is -2.84. The molecule has 0 spiro atoms. The maximum atomic E-state index is 10.2. The molecule has 0 saturated heterocycles. The fourth-order valence-corrected chi connectivity index (χ4v) is 4.56. The standard InChI is InChI=1S/C22H28N6O2/c1-13-10-15(11-18-17(13)12-21(30)27(18)2)24-22-25-20-5-3-4-19(28(20)26-22)23-14-6-8-16(29)9-7-14/h3-5,10-11,14,16,21,23,29-30H,6-9,12H2,1-2H3,(H,24,26). The lowest BCUT2D eigenvalue weighted by Crippen LogP contribution is -2.29. The fraction of sp³-hybridized carbons (Fsp3) is 0.455. The van der Waals surface area contributed by atoms with Gasteiger partial charge in [0.05, 0.1) is 6.10 Å². The highest BCUT2D eigenvalue weighted by atomic mass is 16.3. The number of aryl methyl sites for hydroxylation is 1. The first-order valence-corrected chi connectivity index (χ1v) is 10.6. The summed E-state index contributed by atoms with van der Waals surface area (Å²) < 4.78 is 1.82. The van der Waals surface area contributed by atoms with Crippen LogP contribution in [-0.4, -0.2) is 50.2 Å². The van der Waals surface area contributed by atoms with Crippen LogP contribution >= 0.6 is 0 Å². The minimum absolute atomic E-state index is 0.169. The maximum absolute atomic E-state index is 10.2. The summed E-state index contributed by atoms with van der Waals surface area (Å²) in [6, 6.07) is 10.4. The number of hydrogen-bond acceptors (Lipinski definition) is 7. The van der Waals surface area contributed by atoms with Crippen LogP contribution in [0.4, 0.5) is 23.1 Å². The largest absolute Gasteiger partial charge is 0.393 e. The van der Waals surface area contributed by atoms with Crippen LogP contribution in [0.5, 0.6) is 0 Å². The Morgan fingerprint density at radius 1 is 1.10 bits per heavy atom. The number of pyridine rings is 1. The first kappa shape index (κ1) is 19.1. The Balaban J connectivity index is 1.39. The van der Waals surface area contributed by atoms with Crippen molar-refractivity contribution >= 4 is 28.8 Å². The molecule has 3 heterocycles. The Morgan fingerprint density at radius 2 is 1.90 bits per heavy atom. The van der Waals surface area contributed by atoms with Gasteiger partial charge in [-0.2, -0.15) is 9.50 Å². The van der Waals surface area contributed by atoms with E-state index in [9.17, 15) is 10.2 Å². The Morgan fingerprint density at radius 3 is 2.70 bits per heavy atom. The second-order valence-electron chi connectivity index (χ2n) is 8.48. The molecule has 0 amide bonds. The molecule has 8 nitrogen and oxygen atoms in total. The summed E-state index contributed by atoms with van der Waals surface area (Å²) >= 11 is 0. The van der Waals surface area contributed by atoms with Crippen LogP contribution in [0.3, 0.4) is 0 Å². The van der Waals surface area contributed by atoms with Crippen molar-refractivity contribution in [1.82, 2.24) is 14.6 Å². The van der Waals surface area contributed by atoms with Gasteiger partial charge in [0, 0.05) is 30.9 Å². The lowest BCUT2D eigenvalue weighted by atomic mass is 9.93. The summed E-state index contributed by atoms with van der Waals surface area (Å²) in [5.41, 5.74) is 5.03. The van der Waals surface area contributed by atoms with Gasteiger partial charge in [0.1, 0.15) is 12.0 Å². The van der Waals surface area contributed by atoms with Gasteiger partial charge >= 0.3 is 0 Å². The molecular formula is C22H28N6O2. The third kappa shape index (κ3) is 3.46. The van der Waals surface area contributed by atoms with Gasteiger partial charge in [-0.3, -0.25) is 0 Å². The third-order valence-electron chi connectivity index (χ3n) is 6.33. The number of fused-ring (bicyclic) bond motifs is 2. The summed E-state index contributed by atoms with van der Waals surface area (Å²) in [5, 5.41) is 31.4. The molecular weight excluding hydrogens is 380 g/mol. The first-order valence-electron chi connectivity index (χ1n) is 10.6. The Kier molecular flexibility index (Phi) is 4.75. The molecule has 0 radical (unpaired) electrons. The lowest BCUT2D eigenvalue weighted by molar-refractivity contribution is 0.126. The molecule has 158 valence electrons. The van der Waals surface area contributed by atoms with Crippen LogP contribution in [0.15, 0.2) is 30.3 Å². The van der Waals surface area contributed by atoms with Gasteiger partial charge in [-0.15, -0.1) is 5.10 Å². The summed E-state index contributed by atoms with van der Waals surface area (Å²) in [7, 11) is 1.91. The summed E-state index contributed by atoms with van der Waals surface area (Å²) in [6.07, 6.45) is 3.57. The zero-order chi connectivity index (χ0) is 20.8. The van der Waals surface area contributed by atoms with E-state index in [1.807, 2.05) is 40.7 Å². The van der Waals surface area contributed by atoms with Crippen molar-refractivity contribution in [2.75, 3.05) is 22.6 Å². The normalized spacial score (nSPS) is 23.6. The number of hydrogen-bond donors (Lipinski definition) is 4. The van der Waals surface area contributed by atoms with Crippen molar-refractivity contribution in [2.45, 2.75) is 57.4 Å². The van der Waals surface area contributed by atoms with Crippen LogP contribution in [0.25, 0.3) is 5.65 Å². The van der Waals surface area contributed by atoms with Crippen molar-refractivity contribution in [2.24, 2.45) is 0 Å². The van der Waals surface area contributed by atoms with Crippen LogP contribution in [-0.2, 0) is 6.42 Å². The number of likely N-dealkylation sites (N-methyl/N-ethyl adjacent to an activating group) is 1. The molecule has 8 heteroatoms. The molecule has 1 saturated carbocycles. The molecule has 3 aromatic rings. The van der Waals surface area contributed by atoms with E-state index in [1.54, 1.807) is 0 Å². The van der Waals surface area contributed by atoms with E-state index in [0.717, 1.165) is 54.1 Å². The molecule has 30 heavy (non-hydrogen) atoms. The number of anilines is 4. The van der Waals surface area contributed by atoms with Crippen molar-refractivity contribution in [3.63, 3.8) is 0 Å². The molecule has 2 aromatic heterocycles. The lowest BCUT2D eigenvalue weighted by Gasteiger charge is -2.26. The molecule has 5 rings (SSSR count). The van der Waals surface area contributed by atoms with Gasteiger partial charge in [-0.05, 0) is 68.0 Å². The average molecular weight is 409 g/mol. The minimum atomic E-state index is -0.475. The summed E-state index contributed by atoms with van der Waals surface area (Å²) in [5.74, 6) is 1.44. The van der Waals surface area contributed by atoms with Crippen molar-refractivity contribution in [3.8, 4) is 0 Å². The predicted molar refractivity (Wildman–Crippen MR) is 117 cm³/mol. The van der Waals surface area contributed by atoms with Gasteiger partial charge in [-0.1, -0.05) is 6.07 Å². The highest BCUT2D eigenvalue weighted by Crippen LogP contribution is 2.35. The van der Waals surface area contributed by atoms with E-state index in [-0.39, 0.29) is 6.10 Å². The zero-order valence-corrected chi connectivity index (χ0v) is 17.3. The number of nitrogens with zero attached hydrogens (tertiary/aromatic N) is 4. The number of benzene rings is 1. The smallest absolute Gasteiger partial charge is 0.247 e. The molecule has 1 aliphatic carbocycles. The second-order valence-corrected chi connectivity index (χ2v) is 8.48. The molecule has 1 fully saturated rings. The molecule has 1 aliphatic heterocycles. The van der Waals surface area contributed by atoms with Crippen molar-refractivity contribution in [3.05, 3.63) is 41.5 Å². The maximum Gasteiger partial charge on any atom is 0.247 e. The number of aromatic nitrogens is 3. The quantitative estimate of drug-likeness (QED) is 0.527. The highest BCUT2D eigenvalue weighted by molar-refractivity contribution is 5.70. The Labute approximate surface area is 175 Å². The van der Waals surface area contributed by atoms with E-state index in [0.29, 0.717) is 18.4 Å². The van der Waals surface area contributed by atoms with Crippen LogP contribution in [0.1, 0.15) is 36.8 Å². The zero-order valence-electron chi connectivity index (χ0n) is 17.3. The van der Waals surface area contributed by atoms with Gasteiger partial charge in [-0.25, -0.2) is 0 Å². The van der Waals surface area contributed by atoms with E-state index < -0.39 is 6.23 Å². The highest BCUT2D eigenvalue weighted by Gasteiger charge is 2.26. The topological polar surface area (TPSA) is 98.0 Å². The number of rotatable bonds is 4. The SMILES string of the molecule is Cc1cc(Nc2nc3cccc(NC4CCC(O)CC4)n3n2)cc2c1CC(O)N2C. The first-order chi connectivity index (χ1) is 14.5. The average Bonchev–Trinajstić information content (AvgIpc) is 3.26. The van der Waals surface area contributed by atoms with Crippen molar-refractivity contribution < 1.29 is 10.2 Å². The number of nitrogens with one attached hydrogen (secondary N) is 2. The predicted octanol–water partition coefficient (Wildman–Crippen LogP) is 2.81. The van der Waals surface area contributed by atoms with Crippen molar-refractivity contribution in [1.29, 1.82) is 0 Å². The van der Waals surface area contributed by atoms with Gasteiger partial charge in [0.2, 0.25) is 5.95 Å². The Bertz CT molecular complexity index is 1070. The summed E-state index contributed by atoms with van der Waals surface area (Å²) in [4.78, 5) is 6.53. The molecule has 1 unspecified atom stereocenters. The molecule has 1 atom stereocenters. The third-order valence-corrected chi connectivity index (χ3v) is 6.33. The van der Waals surface area contributed by atoms with E-state index >= 15 is 0 Å². The van der Waals surface area contributed by atoms with Crippen LogP contribution < -0.4 is 15.5 Å². The summed E-state index contributed by atoms with van der Waals surface area (Å²) in [6.45, 7) is 2.07. The van der Waals surface area contributed by atoms with Gasteiger partial charge < -0.3 is 25.7 Å². The van der Waals surface area contributed by atoms with Crippen LogP contribution in [0.2, 0.25) is 0 Å². The fourth-order valence-electron chi connectivity index (χ4n) is 4.56. The van der Waals surface area contributed by atoms with Crippen LogP contribution in [0, 0.1) is 6.92 Å². The van der Waals surface area contributed by atoms with E-state index in [1.165, 1.54) is 5.56 Å². The minimum Gasteiger partial charge on any atom is -0.393 e. The number of aliphatic hydroxyl groups excluding tert-OH is 2. The molecule has 4 N–H and O–H groups in total. The molecule has 1 aromatic carbocycles. The van der Waals surface area contributed by atoms with E-state index in [4.69, 9.17) is 0 Å². The van der Waals surface area contributed by atoms with Gasteiger partial charge in [0.25, 0.3) is 0 Å². The molecule has 0 bridgehead atoms. The molecule has 2 aliphatic rings. The van der Waals surface area contributed by atoms with E-state index in [2.05, 4.69) is 33.7 Å².